The van der Waals surface area contributed by atoms with Crippen molar-refractivity contribution in [2.45, 2.75) is 6.92 Å². The number of benzene rings is 2. The molecule has 3 heterocycles. The molecule has 3 aromatic heterocycles. The number of aromatic amines is 1. The highest BCUT2D eigenvalue weighted by Gasteiger charge is 2.19. The molecule has 5 aromatic rings. The predicted molar refractivity (Wildman–Crippen MR) is 128 cm³/mol. The molecule has 180 valence electrons. The Bertz CT molecular complexity index is 1680. The zero-order valence-corrected chi connectivity index (χ0v) is 19.2. The summed E-state index contributed by atoms with van der Waals surface area (Å²) in [5.74, 6) is -2.00. The largest absolute Gasteiger partial charge is 0.453 e. The Balaban J connectivity index is 1.42. The maximum atomic E-state index is 14.9. The zero-order chi connectivity index (χ0) is 25.4. The van der Waals surface area contributed by atoms with E-state index < -0.39 is 23.1 Å². The van der Waals surface area contributed by atoms with Gasteiger partial charge in [0.1, 0.15) is 17.1 Å². The number of nitrogens with zero attached hydrogens (tertiary/aromatic N) is 4. The van der Waals surface area contributed by atoms with Crippen LogP contribution in [0.5, 0.6) is 11.5 Å². The first-order valence-electron chi connectivity index (χ1n) is 10.4. The molecule has 5 rings (SSSR count). The molecule has 0 bridgehead atoms. The van der Waals surface area contributed by atoms with Crippen LogP contribution in [-0.2, 0) is 0 Å². The maximum Gasteiger partial charge on any atom is 0.284 e. The second-order valence-electron chi connectivity index (χ2n) is 7.60. The van der Waals surface area contributed by atoms with Crippen LogP contribution in [0.4, 0.5) is 14.5 Å². The third kappa shape index (κ3) is 4.27. The summed E-state index contributed by atoms with van der Waals surface area (Å²) >= 11 is 6.29. The van der Waals surface area contributed by atoms with E-state index in [1.165, 1.54) is 36.7 Å². The fourth-order valence-corrected chi connectivity index (χ4v) is 3.72. The number of anilines is 1. The summed E-state index contributed by atoms with van der Waals surface area (Å²) < 4.78 is 34.8. The highest BCUT2D eigenvalue weighted by atomic mass is 35.5. The number of rotatable bonds is 5. The molecule has 12 heteroatoms. The average Bonchev–Trinajstić information content (AvgIpc) is 3.24. The van der Waals surface area contributed by atoms with Crippen molar-refractivity contribution in [2.24, 2.45) is 0 Å². The van der Waals surface area contributed by atoms with Crippen molar-refractivity contribution in [3.63, 3.8) is 0 Å². The van der Waals surface area contributed by atoms with Crippen molar-refractivity contribution >= 4 is 34.2 Å². The first kappa shape index (κ1) is 23.1. The van der Waals surface area contributed by atoms with E-state index in [9.17, 15) is 18.4 Å². The number of hydrogen-bond acceptors (Lipinski definition) is 6. The van der Waals surface area contributed by atoms with E-state index in [2.05, 4.69) is 25.6 Å². The second kappa shape index (κ2) is 9.19. The summed E-state index contributed by atoms with van der Waals surface area (Å²) in [7, 11) is 0. The van der Waals surface area contributed by atoms with Crippen LogP contribution < -0.4 is 15.6 Å². The van der Waals surface area contributed by atoms with Gasteiger partial charge in [0, 0.05) is 24.5 Å². The first-order valence-corrected chi connectivity index (χ1v) is 10.8. The number of fused-ring (bicyclic) bond motifs is 1. The van der Waals surface area contributed by atoms with E-state index in [0.29, 0.717) is 22.5 Å². The van der Waals surface area contributed by atoms with Crippen molar-refractivity contribution in [1.29, 1.82) is 0 Å². The number of H-pyrrole nitrogens is 1. The van der Waals surface area contributed by atoms with Gasteiger partial charge in [-0.1, -0.05) is 11.6 Å². The SMILES string of the molecule is Cc1n[nH]c2nccc(Oc3cc(Cl)c(NC(=O)c4ccnn(-c5ccc(F)cc5)c4=O)cc3F)c12. The van der Waals surface area contributed by atoms with Gasteiger partial charge in [-0.05, 0) is 43.3 Å². The number of aryl methyl sites for hydroxylation is 1. The van der Waals surface area contributed by atoms with Crippen LogP contribution in [0.1, 0.15) is 16.1 Å². The lowest BCUT2D eigenvalue weighted by molar-refractivity contribution is 0.102. The summed E-state index contributed by atoms with van der Waals surface area (Å²) in [5.41, 5.74) is 0.252. The van der Waals surface area contributed by atoms with Crippen LogP contribution in [0.2, 0.25) is 5.02 Å². The standard InChI is InChI=1S/C24H15ClF2N6O3/c1-12-21-19(7-8-28-22(21)32-31-12)36-20-10-16(25)18(11-17(20)27)30-23(34)15-6-9-29-33(24(15)35)14-4-2-13(26)3-5-14/h2-11H,1H3,(H,30,34)(H,28,31,32). The van der Waals surface area contributed by atoms with Gasteiger partial charge in [-0.25, -0.2) is 13.8 Å². The topological polar surface area (TPSA) is 115 Å². The van der Waals surface area contributed by atoms with E-state index in [-0.39, 0.29) is 27.7 Å². The minimum atomic E-state index is -0.835. The van der Waals surface area contributed by atoms with Crippen LogP contribution in [0.3, 0.4) is 0 Å². The quantitative estimate of drug-likeness (QED) is 0.353. The summed E-state index contributed by atoms with van der Waals surface area (Å²) in [5, 5.41) is 13.7. The number of aromatic nitrogens is 5. The molecule has 0 saturated heterocycles. The number of carbonyl (C=O) groups is 1. The Labute approximate surface area is 206 Å². The molecule has 9 nitrogen and oxygen atoms in total. The number of hydrogen-bond donors (Lipinski definition) is 2. The molecular formula is C24H15ClF2N6O3. The molecule has 0 atom stereocenters. The molecule has 0 spiro atoms. The van der Waals surface area contributed by atoms with E-state index in [4.69, 9.17) is 16.3 Å². The van der Waals surface area contributed by atoms with Crippen molar-refractivity contribution in [3.8, 4) is 17.2 Å². The van der Waals surface area contributed by atoms with Crippen LogP contribution in [0.15, 0.2) is 65.7 Å². The number of ether oxygens (including phenoxy) is 1. The second-order valence-corrected chi connectivity index (χ2v) is 8.01. The lowest BCUT2D eigenvalue weighted by Crippen LogP contribution is -2.29. The first-order chi connectivity index (χ1) is 17.3. The number of amides is 1. The monoisotopic (exact) mass is 508 g/mol. The fourth-order valence-electron chi connectivity index (χ4n) is 3.52. The summed E-state index contributed by atoms with van der Waals surface area (Å²) in [6.45, 7) is 1.75. The lowest BCUT2D eigenvalue weighted by atomic mass is 10.2. The van der Waals surface area contributed by atoms with Crippen molar-refractivity contribution in [3.05, 3.63) is 99.2 Å². The Morgan fingerprint density at radius 1 is 1.08 bits per heavy atom. The average molecular weight is 509 g/mol. The maximum absolute atomic E-state index is 14.9. The number of nitrogens with one attached hydrogen (secondary N) is 2. The Morgan fingerprint density at radius 3 is 2.64 bits per heavy atom. The van der Waals surface area contributed by atoms with E-state index in [0.717, 1.165) is 22.9 Å². The summed E-state index contributed by atoms with van der Waals surface area (Å²) in [6, 6.07) is 9.97. The van der Waals surface area contributed by atoms with Gasteiger partial charge in [-0.2, -0.15) is 14.9 Å². The molecule has 0 radical (unpaired) electrons. The predicted octanol–water partition coefficient (Wildman–Crippen LogP) is 4.79. The molecule has 0 aliphatic rings. The van der Waals surface area contributed by atoms with Gasteiger partial charge in [-0.3, -0.25) is 14.7 Å². The molecule has 1 amide bonds. The van der Waals surface area contributed by atoms with Gasteiger partial charge in [-0.15, -0.1) is 0 Å². The number of carbonyl (C=O) groups excluding carboxylic acids is 1. The molecular weight excluding hydrogens is 494 g/mol. The van der Waals surface area contributed by atoms with Gasteiger partial charge in [0.05, 0.1) is 27.5 Å². The molecule has 0 aliphatic carbocycles. The minimum Gasteiger partial charge on any atom is -0.453 e. The van der Waals surface area contributed by atoms with Crippen LogP contribution in [-0.4, -0.2) is 30.9 Å². The fraction of sp³-hybridized carbons (Fsp3) is 0.0417. The highest BCUT2D eigenvalue weighted by Crippen LogP contribution is 2.35. The van der Waals surface area contributed by atoms with Crippen LogP contribution in [0.25, 0.3) is 16.7 Å². The third-order valence-corrected chi connectivity index (χ3v) is 5.57. The summed E-state index contributed by atoms with van der Waals surface area (Å²) in [4.78, 5) is 29.8. The van der Waals surface area contributed by atoms with E-state index >= 15 is 0 Å². The Hall–Kier alpha value is -4.64. The minimum absolute atomic E-state index is 0.0260. The smallest absolute Gasteiger partial charge is 0.284 e. The van der Waals surface area contributed by atoms with Crippen LogP contribution in [0, 0.1) is 18.6 Å². The summed E-state index contributed by atoms with van der Waals surface area (Å²) in [6.07, 6.45) is 2.73. The highest BCUT2D eigenvalue weighted by molar-refractivity contribution is 6.34. The van der Waals surface area contributed by atoms with Crippen molar-refractivity contribution in [2.75, 3.05) is 5.32 Å². The van der Waals surface area contributed by atoms with Crippen LogP contribution >= 0.6 is 11.6 Å². The molecule has 2 N–H and O–H groups in total. The van der Waals surface area contributed by atoms with E-state index in [1.807, 2.05) is 0 Å². The third-order valence-electron chi connectivity index (χ3n) is 5.26. The zero-order valence-electron chi connectivity index (χ0n) is 18.4. The molecule has 0 fully saturated rings. The lowest BCUT2D eigenvalue weighted by Gasteiger charge is -2.12. The molecule has 0 aliphatic heterocycles. The normalized spacial score (nSPS) is 11.0. The molecule has 0 unspecified atom stereocenters. The van der Waals surface area contributed by atoms with Gasteiger partial charge >= 0.3 is 0 Å². The van der Waals surface area contributed by atoms with Crippen molar-refractivity contribution < 1.29 is 18.3 Å². The molecule has 36 heavy (non-hydrogen) atoms. The van der Waals surface area contributed by atoms with Gasteiger partial charge in [0.15, 0.2) is 17.2 Å². The van der Waals surface area contributed by atoms with Gasteiger partial charge in [0.25, 0.3) is 11.5 Å². The molecule has 2 aromatic carbocycles. The number of halogens is 3. The van der Waals surface area contributed by atoms with Gasteiger partial charge < -0.3 is 10.1 Å². The number of pyridine rings is 1. The molecule has 0 saturated carbocycles. The van der Waals surface area contributed by atoms with Crippen molar-refractivity contribution in [1.82, 2.24) is 25.0 Å². The van der Waals surface area contributed by atoms with Gasteiger partial charge in [0.2, 0.25) is 0 Å². The van der Waals surface area contributed by atoms with E-state index in [1.54, 1.807) is 13.0 Å². The Kier molecular flexibility index (Phi) is 5.90. The Morgan fingerprint density at radius 2 is 1.86 bits per heavy atom.